The molecule has 0 aromatic carbocycles. The molecule has 1 aliphatic carbocycles. The molecule has 0 unspecified atom stereocenters. The van der Waals surface area contributed by atoms with E-state index in [1.807, 2.05) is 4.90 Å². The van der Waals surface area contributed by atoms with E-state index in [1.165, 1.54) is 6.42 Å². The molecule has 0 aromatic rings. The molecule has 4 nitrogen and oxygen atoms in total. The molecule has 0 radical (unpaired) electrons. The second-order valence-corrected chi connectivity index (χ2v) is 5.18. The van der Waals surface area contributed by atoms with Crippen molar-refractivity contribution in [3.8, 4) is 0 Å². The van der Waals surface area contributed by atoms with Gasteiger partial charge in [-0.3, -0.25) is 4.79 Å². The molecule has 0 aromatic heterocycles. The van der Waals surface area contributed by atoms with Crippen LogP contribution in [0.25, 0.3) is 0 Å². The van der Waals surface area contributed by atoms with E-state index in [0.29, 0.717) is 12.5 Å². The zero-order valence-electron chi connectivity index (χ0n) is 10.1. The van der Waals surface area contributed by atoms with Gasteiger partial charge in [0.05, 0.1) is 5.41 Å². The summed E-state index contributed by atoms with van der Waals surface area (Å²) in [5.74, 6) is 0.323. The van der Waals surface area contributed by atoms with Crippen molar-refractivity contribution in [2.45, 2.75) is 38.1 Å². The number of likely N-dealkylation sites (tertiary alicyclic amines) is 1. The summed E-state index contributed by atoms with van der Waals surface area (Å²) in [7, 11) is 1.70. The Labute approximate surface area is 97.1 Å². The minimum Gasteiger partial charge on any atom is -0.385 e. The van der Waals surface area contributed by atoms with Crippen LogP contribution < -0.4 is 5.73 Å². The van der Waals surface area contributed by atoms with Crippen molar-refractivity contribution >= 4 is 5.91 Å². The summed E-state index contributed by atoms with van der Waals surface area (Å²) in [5.41, 5.74) is 5.74. The molecule has 0 bridgehead atoms. The third kappa shape index (κ3) is 2.09. The van der Waals surface area contributed by atoms with Crippen LogP contribution in [0.4, 0.5) is 0 Å². The smallest absolute Gasteiger partial charge is 0.228 e. The molecule has 1 amide bonds. The lowest BCUT2D eigenvalue weighted by molar-refractivity contribution is -0.148. The second kappa shape index (κ2) is 4.72. The fourth-order valence-electron chi connectivity index (χ4n) is 2.78. The van der Waals surface area contributed by atoms with Crippen LogP contribution in [0.2, 0.25) is 0 Å². The summed E-state index contributed by atoms with van der Waals surface area (Å²) in [6, 6.07) is 0.184. The van der Waals surface area contributed by atoms with Gasteiger partial charge in [0.2, 0.25) is 5.91 Å². The standard InChI is InChI=1S/C12H22N2O2/c1-16-8-6-12(4-2-5-12)11(15)14-7-3-10(13)9-14/h10H,2-9,13H2,1H3/t10-/m1/s1. The summed E-state index contributed by atoms with van der Waals surface area (Å²) in [4.78, 5) is 14.4. The van der Waals surface area contributed by atoms with E-state index in [9.17, 15) is 4.79 Å². The fraction of sp³-hybridized carbons (Fsp3) is 0.917. The first-order valence-corrected chi connectivity index (χ1v) is 6.22. The summed E-state index contributed by atoms with van der Waals surface area (Å²) < 4.78 is 5.11. The predicted octanol–water partition coefficient (Wildman–Crippen LogP) is 0.753. The molecule has 0 spiro atoms. The van der Waals surface area contributed by atoms with E-state index in [-0.39, 0.29) is 11.5 Å². The lowest BCUT2D eigenvalue weighted by Gasteiger charge is -2.42. The number of hydrogen-bond acceptors (Lipinski definition) is 3. The second-order valence-electron chi connectivity index (χ2n) is 5.18. The van der Waals surface area contributed by atoms with Crippen LogP contribution in [-0.4, -0.2) is 43.7 Å². The van der Waals surface area contributed by atoms with Crippen molar-refractivity contribution in [2.75, 3.05) is 26.8 Å². The SMILES string of the molecule is COCCC1(C(=O)N2CC[C@@H](N)C2)CCC1. The number of carbonyl (C=O) groups excluding carboxylic acids is 1. The van der Waals surface area contributed by atoms with Gasteiger partial charge in [-0.05, 0) is 25.7 Å². The Balaban J connectivity index is 1.95. The van der Waals surface area contributed by atoms with E-state index >= 15 is 0 Å². The lowest BCUT2D eigenvalue weighted by Crippen LogP contribution is -2.48. The van der Waals surface area contributed by atoms with Gasteiger partial charge >= 0.3 is 0 Å². The van der Waals surface area contributed by atoms with E-state index in [0.717, 1.165) is 38.8 Å². The van der Waals surface area contributed by atoms with Crippen molar-refractivity contribution in [1.29, 1.82) is 0 Å². The van der Waals surface area contributed by atoms with Crippen molar-refractivity contribution in [1.82, 2.24) is 4.90 Å². The fourth-order valence-corrected chi connectivity index (χ4v) is 2.78. The number of rotatable bonds is 4. The maximum atomic E-state index is 12.4. The Morgan fingerprint density at radius 3 is 2.75 bits per heavy atom. The number of ether oxygens (including phenoxy) is 1. The number of carbonyl (C=O) groups is 1. The zero-order chi connectivity index (χ0) is 11.6. The molecule has 92 valence electrons. The number of hydrogen-bond donors (Lipinski definition) is 1. The van der Waals surface area contributed by atoms with E-state index in [2.05, 4.69) is 0 Å². The van der Waals surface area contributed by atoms with Gasteiger partial charge in [0, 0.05) is 32.8 Å². The molecule has 4 heteroatoms. The Hall–Kier alpha value is -0.610. The normalized spacial score (nSPS) is 27.9. The lowest BCUT2D eigenvalue weighted by atomic mass is 9.66. The number of nitrogens with zero attached hydrogens (tertiary/aromatic N) is 1. The highest BCUT2D eigenvalue weighted by atomic mass is 16.5. The number of nitrogens with two attached hydrogens (primary N) is 1. The minimum atomic E-state index is -0.111. The quantitative estimate of drug-likeness (QED) is 0.769. The van der Waals surface area contributed by atoms with E-state index in [4.69, 9.17) is 10.5 Å². The van der Waals surface area contributed by atoms with Gasteiger partial charge < -0.3 is 15.4 Å². The molecule has 1 atom stereocenters. The Morgan fingerprint density at radius 1 is 1.56 bits per heavy atom. The van der Waals surface area contributed by atoms with Crippen LogP contribution in [0.15, 0.2) is 0 Å². The van der Waals surface area contributed by atoms with Gasteiger partial charge in [0.1, 0.15) is 0 Å². The first-order valence-electron chi connectivity index (χ1n) is 6.22. The molecule has 16 heavy (non-hydrogen) atoms. The molecule has 2 fully saturated rings. The van der Waals surface area contributed by atoms with Crippen LogP contribution in [-0.2, 0) is 9.53 Å². The third-order valence-electron chi connectivity index (χ3n) is 4.06. The first-order chi connectivity index (χ1) is 7.68. The predicted molar refractivity (Wildman–Crippen MR) is 61.9 cm³/mol. The van der Waals surface area contributed by atoms with Crippen molar-refractivity contribution in [3.63, 3.8) is 0 Å². The van der Waals surface area contributed by atoms with Gasteiger partial charge in [-0.25, -0.2) is 0 Å². The number of amides is 1. The molecule has 2 rings (SSSR count). The monoisotopic (exact) mass is 226 g/mol. The molecular formula is C12H22N2O2. The van der Waals surface area contributed by atoms with Crippen molar-refractivity contribution < 1.29 is 9.53 Å². The summed E-state index contributed by atoms with van der Waals surface area (Å²) >= 11 is 0. The molecule has 1 saturated heterocycles. The van der Waals surface area contributed by atoms with Gasteiger partial charge in [0.25, 0.3) is 0 Å². The third-order valence-corrected chi connectivity index (χ3v) is 4.06. The first kappa shape index (κ1) is 11.9. The van der Waals surface area contributed by atoms with Gasteiger partial charge in [0.15, 0.2) is 0 Å². The van der Waals surface area contributed by atoms with E-state index < -0.39 is 0 Å². The van der Waals surface area contributed by atoms with Crippen LogP contribution >= 0.6 is 0 Å². The zero-order valence-corrected chi connectivity index (χ0v) is 10.1. The largest absolute Gasteiger partial charge is 0.385 e. The van der Waals surface area contributed by atoms with Crippen molar-refractivity contribution in [2.24, 2.45) is 11.1 Å². The molecule has 1 aliphatic heterocycles. The Morgan fingerprint density at radius 2 is 2.31 bits per heavy atom. The summed E-state index contributed by atoms with van der Waals surface area (Å²) in [5, 5.41) is 0. The molecule has 2 N–H and O–H groups in total. The van der Waals surface area contributed by atoms with Crippen LogP contribution in [0.3, 0.4) is 0 Å². The average Bonchev–Trinajstić information content (AvgIpc) is 2.63. The Kier molecular flexibility index (Phi) is 3.50. The van der Waals surface area contributed by atoms with Gasteiger partial charge in [-0.15, -0.1) is 0 Å². The maximum absolute atomic E-state index is 12.4. The maximum Gasteiger partial charge on any atom is 0.228 e. The van der Waals surface area contributed by atoms with Gasteiger partial charge in [-0.1, -0.05) is 6.42 Å². The molecule has 1 saturated carbocycles. The van der Waals surface area contributed by atoms with Crippen LogP contribution in [0, 0.1) is 5.41 Å². The minimum absolute atomic E-state index is 0.111. The molecule has 1 heterocycles. The van der Waals surface area contributed by atoms with Crippen LogP contribution in [0.1, 0.15) is 32.1 Å². The van der Waals surface area contributed by atoms with E-state index in [1.54, 1.807) is 7.11 Å². The highest BCUT2D eigenvalue weighted by molar-refractivity contribution is 5.84. The summed E-state index contributed by atoms with van der Waals surface area (Å²) in [6.07, 6.45) is 5.05. The topological polar surface area (TPSA) is 55.6 Å². The summed E-state index contributed by atoms with van der Waals surface area (Å²) in [6.45, 7) is 2.27. The average molecular weight is 226 g/mol. The van der Waals surface area contributed by atoms with Crippen LogP contribution in [0.5, 0.6) is 0 Å². The van der Waals surface area contributed by atoms with Gasteiger partial charge in [-0.2, -0.15) is 0 Å². The highest BCUT2D eigenvalue weighted by Gasteiger charge is 2.46. The Bertz CT molecular complexity index is 264. The number of methoxy groups -OCH3 is 1. The van der Waals surface area contributed by atoms with Crippen molar-refractivity contribution in [3.05, 3.63) is 0 Å². The molecular weight excluding hydrogens is 204 g/mol. The highest BCUT2D eigenvalue weighted by Crippen LogP contribution is 2.45. The molecule has 2 aliphatic rings.